The molecule has 1 aromatic carbocycles. The number of hydrogen-bond acceptors (Lipinski definition) is 4. The fraction of sp³-hybridized carbons (Fsp3) is 0.469. The van der Waals surface area contributed by atoms with Crippen molar-refractivity contribution in [1.82, 2.24) is 19.7 Å². The molecule has 0 amide bonds. The Morgan fingerprint density at radius 1 is 0.946 bits per heavy atom. The van der Waals surface area contributed by atoms with Gasteiger partial charge < -0.3 is 0 Å². The van der Waals surface area contributed by atoms with Crippen molar-refractivity contribution in [2.75, 3.05) is 4.90 Å². The van der Waals surface area contributed by atoms with Crippen LogP contribution in [0.15, 0.2) is 55.0 Å². The van der Waals surface area contributed by atoms with E-state index in [1.807, 2.05) is 37.1 Å². The van der Waals surface area contributed by atoms with Crippen molar-refractivity contribution in [2.24, 2.45) is 5.92 Å². The average molecular weight is 500 g/mol. The monoisotopic (exact) mass is 499 g/mol. The molecule has 2 aliphatic rings. The van der Waals surface area contributed by atoms with Gasteiger partial charge in [0.05, 0.1) is 23.6 Å². The third-order valence-corrected chi connectivity index (χ3v) is 6.94. The molecule has 5 nitrogen and oxygen atoms in total. The van der Waals surface area contributed by atoms with Gasteiger partial charge in [-0.2, -0.15) is 5.10 Å². The number of benzene rings is 1. The second kappa shape index (κ2) is 13.4. The fourth-order valence-corrected chi connectivity index (χ4v) is 3.98. The Balaban J connectivity index is 0.000000185. The largest absolute Gasteiger partial charge is 0.294 e. The highest BCUT2D eigenvalue weighted by Gasteiger charge is 2.23. The Kier molecular flexibility index (Phi) is 10.2. The number of allylic oxidation sites excluding steroid dienone is 1. The van der Waals surface area contributed by atoms with E-state index >= 15 is 0 Å². The maximum Gasteiger partial charge on any atom is 0.163 e. The first-order chi connectivity index (χ1) is 17.7. The first kappa shape index (κ1) is 28.4. The van der Waals surface area contributed by atoms with Crippen LogP contribution in [0.2, 0.25) is 0 Å². The molecule has 1 aliphatic carbocycles. The first-order valence-corrected chi connectivity index (χ1v) is 13.8. The summed E-state index contributed by atoms with van der Waals surface area (Å²) in [5.74, 6) is 1.81. The molecule has 3 aromatic rings. The molecule has 0 radical (unpaired) electrons. The van der Waals surface area contributed by atoms with E-state index in [0.29, 0.717) is 0 Å². The van der Waals surface area contributed by atoms with Crippen molar-refractivity contribution in [3.8, 4) is 0 Å². The summed E-state index contributed by atoms with van der Waals surface area (Å²) >= 11 is 0. The van der Waals surface area contributed by atoms with Crippen LogP contribution in [0, 0.1) is 33.6 Å². The smallest absolute Gasteiger partial charge is 0.163 e. The number of aryl methyl sites for hydroxylation is 4. The van der Waals surface area contributed by atoms with Gasteiger partial charge in [-0.25, -0.2) is 9.97 Å². The zero-order valence-electron chi connectivity index (χ0n) is 24.0. The number of rotatable bonds is 6. The van der Waals surface area contributed by atoms with Gasteiger partial charge in [0.2, 0.25) is 0 Å². The van der Waals surface area contributed by atoms with Crippen molar-refractivity contribution in [1.29, 1.82) is 0 Å². The van der Waals surface area contributed by atoms with Gasteiger partial charge in [0.25, 0.3) is 0 Å². The highest BCUT2D eigenvalue weighted by molar-refractivity contribution is 5.78. The first-order valence-electron chi connectivity index (χ1n) is 13.8. The molecule has 1 unspecified atom stereocenters. The second-order valence-electron chi connectivity index (χ2n) is 10.5. The quantitative estimate of drug-likeness (QED) is 0.340. The summed E-state index contributed by atoms with van der Waals surface area (Å²) in [5.41, 5.74) is 7.26. The summed E-state index contributed by atoms with van der Waals surface area (Å²) in [6.45, 7) is 19.1. The number of unbranched alkanes of at least 4 members (excludes halogenated alkanes) is 1. The Hall–Kier alpha value is -3.21. The zero-order chi connectivity index (χ0) is 26.9. The van der Waals surface area contributed by atoms with Crippen LogP contribution < -0.4 is 4.90 Å². The van der Waals surface area contributed by atoms with Gasteiger partial charge in [-0.3, -0.25) is 9.58 Å². The van der Waals surface area contributed by atoms with Crippen molar-refractivity contribution in [2.45, 2.75) is 93.0 Å². The molecule has 0 saturated heterocycles. The summed E-state index contributed by atoms with van der Waals surface area (Å²) < 4.78 is 2.06. The van der Waals surface area contributed by atoms with Gasteiger partial charge in [0.1, 0.15) is 5.69 Å². The summed E-state index contributed by atoms with van der Waals surface area (Å²) in [7, 11) is 0. The normalized spacial score (nSPS) is 14.8. The van der Waals surface area contributed by atoms with E-state index in [9.17, 15) is 0 Å². The molecule has 1 atom stereocenters. The molecule has 198 valence electrons. The van der Waals surface area contributed by atoms with Crippen LogP contribution >= 0.6 is 0 Å². The predicted octanol–water partition coefficient (Wildman–Crippen LogP) is 8.83. The van der Waals surface area contributed by atoms with Gasteiger partial charge in [0, 0.05) is 17.6 Å². The molecule has 1 saturated carbocycles. The van der Waals surface area contributed by atoms with Gasteiger partial charge in [0.15, 0.2) is 5.82 Å². The van der Waals surface area contributed by atoms with Crippen LogP contribution in [0.4, 0.5) is 11.5 Å². The van der Waals surface area contributed by atoms with E-state index in [4.69, 9.17) is 4.98 Å². The third kappa shape index (κ3) is 8.14. The van der Waals surface area contributed by atoms with Crippen LogP contribution in [-0.2, 0) is 0 Å². The second-order valence-corrected chi connectivity index (χ2v) is 10.5. The number of aromatic nitrogens is 4. The number of hydrogen-bond donors (Lipinski definition) is 0. The number of fused-ring (bicyclic) bond motifs is 1. The minimum absolute atomic E-state index is 0.735. The van der Waals surface area contributed by atoms with Crippen LogP contribution in [0.5, 0.6) is 0 Å². The van der Waals surface area contributed by atoms with Crippen LogP contribution in [0.25, 0.3) is 6.08 Å². The molecule has 37 heavy (non-hydrogen) atoms. The van der Waals surface area contributed by atoms with Crippen LogP contribution in [0.3, 0.4) is 0 Å². The topological polar surface area (TPSA) is 46.8 Å². The van der Waals surface area contributed by atoms with E-state index < -0.39 is 0 Å². The zero-order valence-corrected chi connectivity index (χ0v) is 24.0. The van der Waals surface area contributed by atoms with Crippen molar-refractivity contribution in [3.63, 3.8) is 0 Å². The molecular formula is C32H45N5. The van der Waals surface area contributed by atoms with Crippen molar-refractivity contribution < 1.29 is 0 Å². The summed E-state index contributed by atoms with van der Waals surface area (Å²) in [4.78, 5) is 11.4. The molecular weight excluding hydrogens is 454 g/mol. The molecule has 5 rings (SSSR count). The maximum atomic E-state index is 4.70. The fourth-order valence-electron chi connectivity index (χ4n) is 3.98. The molecule has 0 N–H and O–H groups in total. The average Bonchev–Trinajstić information content (AvgIpc) is 3.65. The number of nitrogens with zero attached hydrogens (tertiary/aromatic N) is 5. The Bertz CT molecular complexity index is 1180. The Morgan fingerprint density at radius 2 is 1.62 bits per heavy atom. The third-order valence-electron chi connectivity index (χ3n) is 6.94. The summed E-state index contributed by atoms with van der Waals surface area (Å²) in [6, 6.07) is 9.09. The summed E-state index contributed by atoms with van der Waals surface area (Å²) in [5, 5.41) is 4.19. The molecule has 5 heteroatoms. The standard InChI is InChI=1S/C17H17N3.C8H18.C7H10N2/c1-11-5-8-15(9-6-11)20-12(2)7-10-16-17(20)19-14(4)13(3)18-16;1-4-6-7-8(3)5-2;1-6-4-8-9(5-6)7-2-3-7/h5-10H,2H2,1,3-4H3;8H,4-7H2,1-3H3;4-5,7H,2-3H2,1H3. The molecule has 1 aliphatic heterocycles. The molecule has 2 aromatic heterocycles. The van der Waals surface area contributed by atoms with E-state index in [2.05, 4.69) is 86.4 Å². The lowest BCUT2D eigenvalue weighted by Gasteiger charge is -2.28. The van der Waals surface area contributed by atoms with E-state index in [1.54, 1.807) is 0 Å². The Morgan fingerprint density at radius 3 is 2.19 bits per heavy atom. The number of anilines is 2. The molecule has 1 fully saturated rings. The lowest BCUT2D eigenvalue weighted by molar-refractivity contribution is 0.492. The van der Waals surface area contributed by atoms with E-state index in [0.717, 1.165) is 46.2 Å². The maximum absolute atomic E-state index is 4.70. The molecule has 3 heterocycles. The molecule has 0 spiro atoms. The SMILES string of the molecule is C=C1C=Cc2nc(C)c(C)nc2N1c1ccc(C)cc1.CCCCC(C)CC.Cc1cnn(C2CC2)c1. The van der Waals surface area contributed by atoms with Crippen molar-refractivity contribution in [3.05, 3.63) is 83.2 Å². The van der Waals surface area contributed by atoms with Gasteiger partial charge >= 0.3 is 0 Å². The van der Waals surface area contributed by atoms with Crippen LogP contribution in [-0.4, -0.2) is 19.7 Å². The lowest BCUT2D eigenvalue weighted by Crippen LogP contribution is -2.20. The van der Waals surface area contributed by atoms with Gasteiger partial charge in [-0.1, -0.05) is 70.7 Å². The van der Waals surface area contributed by atoms with Crippen LogP contribution in [0.1, 0.15) is 93.5 Å². The van der Waals surface area contributed by atoms with E-state index in [-0.39, 0.29) is 0 Å². The minimum Gasteiger partial charge on any atom is -0.294 e. The predicted molar refractivity (Wildman–Crippen MR) is 157 cm³/mol. The Labute approximate surface area is 224 Å². The minimum atomic E-state index is 0.735. The summed E-state index contributed by atoms with van der Waals surface area (Å²) in [6.07, 6.45) is 16.2. The highest BCUT2D eigenvalue weighted by atomic mass is 15.3. The van der Waals surface area contributed by atoms with Gasteiger partial charge in [-0.15, -0.1) is 0 Å². The lowest BCUT2D eigenvalue weighted by atomic mass is 10.0. The molecule has 0 bridgehead atoms. The van der Waals surface area contributed by atoms with Crippen molar-refractivity contribution >= 4 is 17.6 Å². The highest BCUT2D eigenvalue weighted by Crippen LogP contribution is 2.35. The van der Waals surface area contributed by atoms with Gasteiger partial charge in [-0.05, 0) is 76.3 Å². The van der Waals surface area contributed by atoms with E-state index in [1.165, 1.54) is 49.7 Å².